The van der Waals surface area contributed by atoms with Crippen LogP contribution < -0.4 is 0 Å². The largest absolute Gasteiger partial charge is 0.392 e. The molecule has 1 unspecified atom stereocenters. The van der Waals surface area contributed by atoms with Gasteiger partial charge in [0.1, 0.15) is 11.2 Å². The van der Waals surface area contributed by atoms with Gasteiger partial charge in [0.05, 0.1) is 29.5 Å². The molecule has 2 aromatic heterocycles. The molecule has 138 valence electrons. The summed E-state index contributed by atoms with van der Waals surface area (Å²) in [6.07, 6.45) is 0. The Kier molecular flexibility index (Phi) is 4.43. The summed E-state index contributed by atoms with van der Waals surface area (Å²) >= 11 is 6.22. The van der Waals surface area contributed by atoms with Crippen LogP contribution in [0.4, 0.5) is 0 Å². The fourth-order valence-electron chi connectivity index (χ4n) is 4.10. The molecule has 0 fully saturated rings. The van der Waals surface area contributed by atoms with Crippen molar-refractivity contribution in [1.82, 2.24) is 9.55 Å². The van der Waals surface area contributed by atoms with E-state index in [0.717, 1.165) is 33.8 Å². The number of nitriles is 2. The van der Waals surface area contributed by atoms with E-state index in [1.54, 1.807) is 12.1 Å². The Morgan fingerprint density at radius 2 is 1.96 bits per heavy atom. The summed E-state index contributed by atoms with van der Waals surface area (Å²) in [5.74, 6) is -0.102. The van der Waals surface area contributed by atoms with Gasteiger partial charge >= 0.3 is 0 Å². The standard InChI is InChI=1S/C22H17ClN4O/c1-12-20-16(7-17(11-28)22(23)26-20)10-27-13(2)19(18(9-25)21(12)27)15-5-3-14(8-24)4-6-15/h3-7,12,28H,10-11H2,1-2H3. The number of halogens is 1. The van der Waals surface area contributed by atoms with E-state index in [-0.39, 0.29) is 12.5 Å². The van der Waals surface area contributed by atoms with Gasteiger partial charge in [0.25, 0.3) is 0 Å². The van der Waals surface area contributed by atoms with Crippen molar-refractivity contribution in [3.05, 3.63) is 74.8 Å². The number of aliphatic hydroxyl groups excluding tert-OH is 1. The molecule has 4 rings (SSSR count). The highest BCUT2D eigenvalue weighted by Crippen LogP contribution is 2.42. The van der Waals surface area contributed by atoms with Gasteiger partial charge in [-0.3, -0.25) is 0 Å². The minimum atomic E-state index is -0.162. The van der Waals surface area contributed by atoms with E-state index in [9.17, 15) is 10.4 Å². The normalized spacial score (nSPS) is 14.7. The third-order valence-electron chi connectivity index (χ3n) is 5.46. The smallest absolute Gasteiger partial charge is 0.134 e. The summed E-state index contributed by atoms with van der Waals surface area (Å²) in [5, 5.41) is 28.8. The molecule has 3 aromatic rings. The Morgan fingerprint density at radius 1 is 1.25 bits per heavy atom. The lowest BCUT2D eigenvalue weighted by Gasteiger charge is -2.26. The number of hydrogen-bond donors (Lipinski definition) is 1. The van der Waals surface area contributed by atoms with E-state index in [2.05, 4.69) is 21.7 Å². The predicted octanol–water partition coefficient (Wildman–Crippen LogP) is 4.26. The quantitative estimate of drug-likeness (QED) is 0.664. The Morgan fingerprint density at radius 3 is 2.57 bits per heavy atom. The third kappa shape index (κ3) is 2.60. The van der Waals surface area contributed by atoms with Gasteiger partial charge in [-0.05, 0) is 36.2 Å². The maximum Gasteiger partial charge on any atom is 0.134 e. The number of benzene rings is 1. The monoisotopic (exact) mass is 388 g/mol. The van der Waals surface area contributed by atoms with Crippen molar-refractivity contribution in [2.24, 2.45) is 0 Å². The van der Waals surface area contributed by atoms with Crippen molar-refractivity contribution >= 4 is 11.6 Å². The summed E-state index contributed by atoms with van der Waals surface area (Å²) in [4.78, 5) is 4.52. The average molecular weight is 389 g/mol. The number of aliphatic hydroxyl groups is 1. The van der Waals surface area contributed by atoms with Gasteiger partial charge < -0.3 is 9.67 Å². The fraction of sp³-hybridized carbons (Fsp3) is 0.227. The van der Waals surface area contributed by atoms with Gasteiger partial charge in [-0.25, -0.2) is 4.98 Å². The molecule has 0 bridgehead atoms. The molecule has 0 spiro atoms. The summed E-state index contributed by atoms with van der Waals surface area (Å²) < 4.78 is 2.15. The van der Waals surface area contributed by atoms with Gasteiger partial charge in [-0.2, -0.15) is 10.5 Å². The average Bonchev–Trinajstić information content (AvgIpc) is 3.00. The number of aromatic nitrogens is 2. The van der Waals surface area contributed by atoms with Crippen molar-refractivity contribution < 1.29 is 5.11 Å². The number of fused-ring (bicyclic) bond motifs is 2. The first-order valence-corrected chi connectivity index (χ1v) is 9.30. The van der Waals surface area contributed by atoms with Crippen molar-refractivity contribution in [1.29, 1.82) is 10.5 Å². The molecule has 1 N–H and O–H groups in total. The second-order valence-electron chi connectivity index (χ2n) is 6.97. The zero-order valence-electron chi connectivity index (χ0n) is 15.5. The van der Waals surface area contributed by atoms with Crippen LogP contribution in [0.15, 0.2) is 30.3 Å². The van der Waals surface area contributed by atoms with Crippen LogP contribution in [-0.2, 0) is 13.2 Å². The van der Waals surface area contributed by atoms with Gasteiger partial charge in [0, 0.05) is 35.0 Å². The summed E-state index contributed by atoms with van der Waals surface area (Å²) in [5.41, 5.74) is 7.38. The predicted molar refractivity (Wildman–Crippen MR) is 106 cm³/mol. The highest BCUT2D eigenvalue weighted by Gasteiger charge is 2.32. The molecule has 28 heavy (non-hydrogen) atoms. The Labute approximate surface area is 168 Å². The lowest BCUT2D eigenvalue weighted by atomic mass is 9.91. The Hall–Kier alpha value is -3.12. The molecular weight excluding hydrogens is 372 g/mol. The number of rotatable bonds is 2. The zero-order chi connectivity index (χ0) is 20.0. The fourth-order valence-corrected chi connectivity index (χ4v) is 4.30. The molecular formula is C22H17ClN4O. The van der Waals surface area contributed by atoms with Gasteiger partial charge in [0.15, 0.2) is 0 Å². The molecule has 0 saturated carbocycles. The summed E-state index contributed by atoms with van der Waals surface area (Å²) in [7, 11) is 0. The van der Waals surface area contributed by atoms with E-state index in [1.807, 2.05) is 32.0 Å². The minimum Gasteiger partial charge on any atom is -0.392 e. The Bertz CT molecular complexity index is 1180. The van der Waals surface area contributed by atoms with Crippen LogP contribution >= 0.6 is 11.6 Å². The number of hydrogen-bond acceptors (Lipinski definition) is 4. The topological polar surface area (TPSA) is 85.6 Å². The van der Waals surface area contributed by atoms with E-state index in [1.165, 1.54) is 0 Å². The maximum absolute atomic E-state index is 9.96. The third-order valence-corrected chi connectivity index (χ3v) is 5.79. The first-order valence-electron chi connectivity index (χ1n) is 8.92. The molecule has 0 amide bonds. The van der Waals surface area contributed by atoms with Crippen LogP contribution in [0.25, 0.3) is 11.1 Å². The van der Waals surface area contributed by atoms with Crippen molar-refractivity contribution in [2.75, 3.05) is 0 Å². The minimum absolute atomic E-state index is 0.102. The zero-order valence-corrected chi connectivity index (χ0v) is 16.2. The molecule has 3 heterocycles. The van der Waals surface area contributed by atoms with Crippen LogP contribution in [0.2, 0.25) is 5.15 Å². The first kappa shape index (κ1) is 18.3. The SMILES string of the molecule is Cc1c(-c2ccc(C#N)cc2)c(C#N)c2n1Cc1cc(CO)c(Cl)nc1C2C. The van der Waals surface area contributed by atoms with Crippen LogP contribution in [0, 0.1) is 29.6 Å². The van der Waals surface area contributed by atoms with E-state index < -0.39 is 0 Å². The van der Waals surface area contributed by atoms with Gasteiger partial charge in [0.2, 0.25) is 0 Å². The molecule has 0 saturated heterocycles. The van der Waals surface area contributed by atoms with Crippen LogP contribution in [-0.4, -0.2) is 14.7 Å². The van der Waals surface area contributed by atoms with Crippen molar-refractivity contribution in [2.45, 2.75) is 32.9 Å². The van der Waals surface area contributed by atoms with E-state index in [0.29, 0.717) is 28.4 Å². The highest BCUT2D eigenvalue weighted by atomic mass is 35.5. The highest BCUT2D eigenvalue weighted by molar-refractivity contribution is 6.30. The molecule has 0 aliphatic carbocycles. The molecule has 1 aliphatic rings. The van der Waals surface area contributed by atoms with E-state index >= 15 is 0 Å². The molecule has 1 aliphatic heterocycles. The Balaban J connectivity index is 1.93. The first-order chi connectivity index (χ1) is 13.5. The second kappa shape index (κ2) is 6.80. The lowest BCUT2D eigenvalue weighted by Crippen LogP contribution is -2.20. The van der Waals surface area contributed by atoms with E-state index in [4.69, 9.17) is 16.9 Å². The van der Waals surface area contributed by atoms with Crippen molar-refractivity contribution in [3.8, 4) is 23.3 Å². The van der Waals surface area contributed by atoms with Crippen molar-refractivity contribution in [3.63, 3.8) is 0 Å². The number of nitrogens with zero attached hydrogens (tertiary/aromatic N) is 4. The molecule has 6 heteroatoms. The van der Waals surface area contributed by atoms with Gasteiger partial charge in [-0.1, -0.05) is 30.7 Å². The van der Waals surface area contributed by atoms with Crippen LogP contribution in [0.1, 0.15) is 52.2 Å². The lowest BCUT2D eigenvalue weighted by molar-refractivity contribution is 0.281. The second-order valence-corrected chi connectivity index (χ2v) is 7.33. The van der Waals surface area contributed by atoms with Crippen LogP contribution in [0.3, 0.4) is 0 Å². The molecule has 1 atom stereocenters. The summed E-state index contributed by atoms with van der Waals surface area (Å²) in [6, 6.07) is 13.7. The number of pyridine rings is 1. The maximum atomic E-state index is 9.96. The van der Waals surface area contributed by atoms with Crippen LogP contribution in [0.5, 0.6) is 0 Å². The van der Waals surface area contributed by atoms with Gasteiger partial charge in [-0.15, -0.1) is 0 Å². The molecule has 0 radical (unpaired) electrons. The molecule has 1 aromatic carbocycles. The molecule has 5 nitrogen and oxygen atoms in total. The summed E-state index contributed by atoms with van der Waals surface area (Å²) in [6.45, 7) is 4.44.